The maximum absolute atomic E-state index is 14.3. The molecule has 0 bridgehead atoms. The van der Waals surface area contributed by atoms with Crippen LogP contribution in [0.1, 0.15) is 55.4 Å². The predicted octanol–water partition coefficient (Wildman–Crippen LogP) is 4.60. The maximum atomic E-state index is 14.3. The first kappa shape index (κ1) is 23.5. The Kier molecular flexibility index (Phi) is 5.45. The molecule has 1 spiro atoms. The molecule has 1 saturated carbocycles. The second-order valence-electron chi connectivity index (χ2n) is 9.79. The van der Waals surface area contributed by atoms with E-state index < -0.39 is 11.8 Å². The van der Waals surface area contributed by atoms with Crippen molar-refractivity contribution in [3.8, 4) is 11.1 Å². The van der Waals surface area contributed by atoms with Crippen molar-refractivity contribution in [2.24, 2.45) is 12.8 Å². The summed E-state index contributed by atoms with van der Waals surface area (Å²) in [6.07, 6.45) is 2.63. The van der Waals surface area contributed by atoms with Crippen molar-refractivity contribution in [2.75, 3.05) is 4.90 Å². The Balaban J connectivity index is 1.58. The lowest BCUT2D eigenvalue weighted by Gasteiger charge is -2.33. The summed E-state index contributed by atoms with van der Waals surface area (Å²) in [5, 5.41) is 12.0. The molecular weight excluding hydrogens is 478 g/mol. The Morgan fingerprint density at radius 2 is 1.89 bits per heavy atom. The number of halogens is 2. The number of hydrogen-bond acceptors (Lipinski definition) is 5. The van der Waals surface area contributed by atoms with E-state index >= 15 is 0 Å². The summed E-state index contributed by atoms with van der Waals surface area (Å²) in [6, 6.07) is 10.1. The number of amides is 1. The largest absolute Gasteiger partial charge is 0.325 e. The van der Waals surface area contributed by atoms with Gasteiger partial charge in [0.1, 0.15) is 5.82 Å². The number of hydrogen-bond donors (Lipinski definition) is 2. The number of nitrogens with two attached hydrogens (primary N) is 1. The molecule has 4 aromatic rings. The molecule has 0 radical (unpaired) electrons. The van der Waals surface area contributed by atoms with E-state index in [1.165, 1.54) is 6.07 Å². The number of aromatic nitrogens is 4. The van der Waals surface area contributed by atoms with Gasteiger partial charge < -0.3 is 5.73 Å². The van der Waals surface area contributed by atoms with Gasteiger partial charge in [0, 0.05) is 35.7 Å². The van der Waals surface area contributed by atoms with E-state index in [1.54, 1.807) is 47.1 Å². The summed E-state index contributed by atoms with van der Waals surface area (Å²) in [4.78, 5) is 28.2. The molecule has 3 heterocycles. The molecule has 10 heteroatoms. The molecule has 3 N–H and O–H groups in total. The molecule has 37 heavy (non-hydrogen) atoms. The van der Waals surface area contributed by atoms with Crippen LogP contribution in [-0.2, 0) is 23.8 Å². The quantitative estimate of drug-likeness (QED) is 0.422. The van der Waals surface area contributed by atoms with Gasteiger partial charge in [0.05, 0.1) is 28.4 Å². The Morgan fingerprint density at radius 3 is 2.62 bits per heavy atom. The maximum Gasteiger partial charge on any atom is 0.272 e. The van der Waals surface area contributed by atoms with Crippen LogP contribution in [0.5, 0.6) is 0 Å². The first-order valence-electron chi connectivity index (χ1n) is 12.4. The first-order valence-corrected chi connectivity index (χ1v) is 12.4. The van der Waals surface area contributed by atoms with Crippen molar-refractivity contribution in [1.82, 2.24) is 20.0 Å². The Labute approximate surface area is 211 Å². The number of aromatic amines is 1. The molecule has 1 aliphatic heterocycles. The molecule has 2 aromatic carbocycles. The van der Waals surface area contributed by atoms with E-state index in [9.17, 15) is 18.4 Å². The second kappa shape index (κ2) is 8.58. The van der Waals surface area contributed by atoms with E-state index in [-0.39, 0.29) is 23.6 Å². The van der Waals surface area contributed by atoms with Crippen molar-refractivity contribution < 1.29 is 13.6 Å². The molecular formula is C27H26F2N6O2. The minimum absolute atomic E-state index is 0.0810. The zero-order valence-electron chi connectivity index (χ0n) is 20.3. The molecule has 0 unspecified atom stereocenters. The van der Waals surface area contributed by atoms with Gasteiger partial charge in [-0.15, -0.1) is 0 Å². The van der Waals surface area contributed by atoms with Crippen molar-refractivity contribution in [3.05, 3.63) is 69.8 Å². The zero-order valence-corrected chi connectivity index (χ0v) is 20.3. The lowest BCUT2D eigenvalue weighted by Crippen LogP contribution is -2.41. The first-order chi connectivity index (χ1) is 17.9. The van der Waals surface area contributed by atoms with Crippen LogP contribution in [0, 0.1) is 0 Å². The highest BCUT2D eigenvalue weighted by Gasteiger charge is 2.54. The van der Waals surface area contributed by atoms with Gasteiger partial charge in [-0.05, 0) is 36.6 Å². The summed E-state index contributed by atoms with van der Waals surface area (Å²) in [7, 11) is 1.73. The molecule has 190 valence electrons. The number of rotatable bonds is 4. The van der Waals surface area contributed by atoms with Crippen molar-refractivity contribution in [2.45, 2.75) is 50.5 Å². The number of carbonyl (C=O) groups is 1. The third kappa shape index (κ3) is 3.35. The topological polar surface area (TPSA) is 110 Å². The van der Waals surface area contributed by atoms with Crippen LogP contribution >= 0.6 is 0 Å². The number of benzene rings is 2. The average Bonchev–Trinajstić information content (AvgIpc) is 3.39. The van der Waals surface area contributed by atoms with Crippen LogP contribution in [0.15, 0.2) is 47.4 Å². The van der Waals surface area contributed by atoms with Crippen molar-refractivity contribution in [1.29, 1.82) is 0 Å². The number of fused-ring (bicyclic) bond motifs is 3. The van der Waals surface area contributed by atoms with E-state index in [1.807, 2.05) is 6.07 Å². The number of carbonyl (C=O) groups excluding carboxylic acids is 1. The molecule has 2 aromatic heterocycles. The molecule has 2 aliphatic rings. The number of nitrogens with one attached hydrogen (secondary N) is 1. The van der Waals surface area contributed by atoms with Crippen LogP contribution < -0.4 is 16.2 Å². The summed E-state index contributed by atoms with van der Waals surface area (Å²) < 4.78 is 30.1. The van der Waals surface area contributed by atoms with Crippen LogP contribution in [0.4, 0.5) is 20.3 Å². The van der Waals surface area contributed by atoms with E-state index in [0.29, 0.717) is 57.5 Å². The van der Waals surface area contributed by atoms with Gasteiger partial charge in [-0.1, -0.05) is 37.5 Å². The summed E-state index contributed by atoms with van der Waals surface area (Å²) >= 11 is 0. The molecule has 8 nitrogen and oxygen atoms in total. The average molecular weight is 505 g/mol. The third-order valence-electron chi connectivity index (χ3n) is 7.84. The van der Waals surface area contributed by atoms with Crippen LogP contribution in [-0.4, -0.2) is 25.9 Å². The minimum Gasteiger partial charge on any atom is -0.325 e. The van der Waals surface area contributed by atoms with E-state index in [0.717, 1.165) is 19.3 Å². The normalized spacial score (nSPS) is 16.8. The van der Waals surface area contributed by atoms with Crippen LogP contribution in [0.2, 0.25) is 0 Å². The fourth-order valence-corrected chi connectivity index (χ4v) is 6.15. The lowest BCUT2D eigenvalue weighted by atomic mass is 9.69. The number of nitrogens with zero attached hydrogens (tertiary/aromatic N) is 4. The molecule has 1 fully saturated rings. The SMILES string of the molecule is Cn1ncc(-c2ccc3c(=O)[nH]nc(CN)c3c2)c1N1C(=O)C2(CCCCC2)c2c(C(F)F)cccc21. The number of anilines is 2. The summed E-state index contributed by atoms with van der Waals surface area (Å²) in [5.74, 6) is 0.299. The highest BCUT2D eigenvalue weighted by molar-refractivity contribution is 6.14. The van der Waals surface area contributed by atoms with Gasteiger partial charge in [-0.25, -0.2) is 13.9 Å². The minimum atomic E-state index is -2.69. The smallest absolute Gasteiger partial charge is 0.272 e. The summed E-state index contributed by atoms with van der Waals surface area (Å²) in [6.45, 7) is 0.132. The predicted molar refractivity (Wildman–Crippen MR) is 136 cm³/mol. The number of aryl methyl sites for hydroxylation is 1. The standard InChI is InChI=1S/C27H26F2N6O2/c1-34-25(19(14-31-34)15-8-9-16-18(12-15)20(13-30)32-33-24(16)36)35-21-7-5-6-17(23(28)29)22(21)27(26(35)37)10-3-2-4-11-27/h5-9,12,14,23H,2-4,10-11,13,30H2,1H3,(H,33,36). The Bertz CT molecular complexity index is 1600. The highest BCUT2D eigenvalue weighted by atomic mass is 19.3. The van der Waals surface area contributed by atoms with Gasteiger partial charge >= 0.3 is 0 Å². The second-order valence-corrected chi connectivity index (χ2v) is 9.79. The molecule has 0 saturated heterocycles. The van der Waals surface area contributed by atoms with Gasteiger partial charge in [-0.2, -0.15) is 10.2 Å². The summed E-state index contributed by atoms with van der Waals surface area (Å²) in [5.41, 5.74) is 7.29. The van der Waals surface area contributed by atoms with Crippen molar-refractivity contribution in [3.63, 3.8) is 0 Å². The van der Waals surface area contributed by atoms with E-state index in [4.69, 9.17) is 5.73 Å². The number of alkyl halides is 2. The Hall–Kier alpha value is -3.92. The van der Waals surface area contributed by atoms with Gasteiger partial charge in [-0.3, -0.25) is 19.2 Å². The molecule has 1 aliphatic carbocycles. The molecule has 1 amide bonds. The highest BCUT2D eigenvalue weighted by Crippen LogP contribution is 2.55. The van der Waals surface area contributed by atoms with Crippen molar-refractivity contribution >= 4 is 28.2 Å². The van der Waals surface area contributed by atoms with Crippen LogP contribution in [0.3, 0.4) is 0 Å². The lowest BCUT2D eigenvalue weighted by molar-refractivity contribution is -0.123. The number of H-pyrrole nitrogens is 1. The third-order valence-corrected chi connectivity index (χ3v) is 7.84. The van der Waals surface area contributed by atoms with E-state index in [2.05, 4.69) is 15.3 Å². The fourth-order valence-electron chi connectivity index (χ4n) is 6.15. The molecule has 0 atom stereocenters. The van der Waals surface area contributed by atoms with Gasteiger partial charge in [0.2, 0.25) is 5.91 Å². The zero-order chi connectivity index (χ0) is 25.9. The van der Waals surface area contributed by atoms with Gasteiger partial charge in [0.25, 0.3) is 12.0 Å². The Morgan fingerprint density at radius 1 is 1.11 bits per heavy atom. The fraction of sp³-hybridized carbons (Fsp3) is 0.333. The monoisotopic (exact) mass is 504 g/mol. The van der Waals surface area contributed by atoms with Crippen LogP contribution in [0.25, 0.3) is 21.9 Å². The molecule has 6 rings (SSSR count). The van der Waals surface area contributed by atoms with Gasteiger partial charge in [0.15, 0.2) is 0 Å².